The maximum absolute atomic E-state index is 13.1. The Balaban J connectivity index is 2.62. The molecule has 0 fully saturated rings. The molecule has 0 aliphatic carbocycles. The molecule has 0 bridgehead atoms. The van der Waals surface area contributed by atoms with Crippen LogP contribution in [0.1, 0.15) is 16.7 Å². The molecule has 0 saturated carbocycles. The Morgan fingerprint density at radius 3 is 1.85 bits per heavy atom. The van der Waals surface area contributed by atoms with E-state index >= 15 is 0 Å². The second-order valence-corrected chi connectivity index (χ2v) is 5.06. The van der Waals surface area contributed by atoms with Gasteiger partial charge in [-0.25, -0.2) is 0 Å². The number of benzene rings is 2. The van der Waals surface area contributed by atoms with E-state index in [0.717, 1.165) is 12.1 Å². The minimum absolute atomic E-state index is 0.0713. The van der Waals surface area contributed by atoms with E-state index in [2.05, 4.69) is 4.74 Å². The van der Waals surface area contributed by atoms with Crippen LogP contribution in [0.3, 0.4) is 0 Å². The van der Waals surface area contributed by atoms with Gasteiger partial charge in [-0.05, 0) is 24.3 Å². The average Bonchev–Trinajstić information content (AvgIpc) is 2.43. The molecule has 0 atom stereocenters. The van der Waals surface area contributed by atoms with E-state index in [1.165, 1.54) is 0 Å². The van der Waals surface area contributed by atoms with Crippen LogP contribution in [0, 0.1) is 0 Å². The lowest BCUT2D eigenvalue weighted by Crippen LogP contribution is -2.18. The summed E-state index contributed by atoms with van der Waals surface area (Å²) in [5.41, 5.74) is -1.04. The van der Waals surface area contributed by atoms with Gasteiger partial charge in [-0.15, -0.1) is 0 Å². The van der Waals surface area contributed by atoms with E-state index in [4.69, 9.17) is 5.73 Å². The minimum atomic E-state index is -5.49. The van der Waals surface area contributed by atoms with Crippen molar-refractivity contribution < 1.29 is 44.3 Å². The van der Waals surface area contributed by atoms with E-state index < -0.39 is 52.4 Å². The lowest BCUT2D eigenvalue weighted by molar-refractivity contribution is -0.162. The summed E-state index contributed by atoms with van der Waals surface area (Å²) in [6, 6.07) is 3.21. The summed E-state index contributed by atoms with van der Waals surface area (Å²) < 4.78 is 121. The largest absolute Gasteiger partial charge is 0.457 e. The Hall–Kier alpha value is -2.59. The van der Waals surface area contributed by atoms with E-state index in [0.29, 0.717) is 18.2 Å². The van der Waals surface area contributed by atoms with Gasteiger partial charge in [0.25, 0.3) is 0 Å². The molecule has 2 aromatic carbocycles. The van der Waals surface area contributed by atoms with Crippen LogP contribution in [0.5, 0.6) is 11.5 Å². The number of hydrogen-bond acceptors (Lipinski definition) is 2. The highest BCUT2D eigenvalue weighted by molar-refractivity contribution is 5.56. The van der Waals surface area contributed by atoms with Crippen LogP contribution in [0.2, 0.25) is 0 Å². The van der Waals surface area contributed by atoms with Crippen molar-refractivity contribution in [2.75, 3.05) is 5.73 Å². The van der Waals surface area contributed by atoms with Crippen LogP contribution in [0.4, 0.5) is 45.2 Å². The van der Waals surface area contributed by atoms with Crippen LogP contribution >= 0.6 is 0 Å². The summed E-state index contributed by atoms with van der Waals surface area (Å²) in [6.07, 6.45) is -15.7. The maximum atomic E-state index is 13.1. The molecule has 0 aliphatic rings. The Labute approximate surface area is 140 Å². The van der Waals surface area contributed by atoms with Crippen molar-refractivity contribution >= 4 is 5.69 Å². The molecule has 0 aromatic heterocycles. The van der Waals surface area contributed by atoms with Gasteiger partial charge in [-0.1, -0.05) is 6.07 Å². The van der Waals surface area contributed by atoms with Crippen LogP contribution in [0.25, 0.3) is 0 Å². The van der Waals surface area contributed by atoms with Gasteiger partial charge in [0.1, 0.15) is 17.1 Å². The van der Waals surface area contributed by atoms with Crippen LogP contribution in [0.15, 0.2) is 36.4 Å². The van der Waals surface area contributed by atoms with E-state index in [-0.39, 0.29) is 6.07 Å². The number of ether oxygens (including phenoxy) is 1. The Morgan fingerprint density at radius 2 is 1.35 bits per heavy atom. The quantitative estimate of drug-likeness (QED) is 0.496. The van der Waals surface area contributed by atoms with Crippen LogP contribution in [-0.2, 0) is 18.5 Å². The highest BCUT2D eigenvalue weighted by Gasteiger charge is 2.46. The van der Waals surface area contributed by atoms with Crippen molar-refractivity contribution in [1.82, 2.24) is 0 Å². The summed E-state index contributed by atoms with van der Waals surface area (Å²) in [6.45, 7) is 0. The molecule has 0 aliphatic heterocycles. The molecule has 0 heterocycles. The highest BCUT2D eigenvalue weighted by atomic mass is 19.4. The number of alkyl halides is 9. The topological polar surface area (TPSA) is 35.2 Å². The number of nitrogen functional groups attached to an aromatic ring is 1. The third-order valence-corrected chi connectivity index (χ3v) is 3.10. The number of rotatable bonds is 2. The second-order valence-electron chi connectivity index (χ2n) is 5.06. The summed E-state index contributed by atoms with van der Waals surface area (Å²) in [4.78, 5) is 0. The van der Waals surface area contributed by atoms with Crippen molar-refractivity contribution in [3.05, 3.63) is 53.1 Å². The summed E-state index contributed by atoms with van der Waals surface area (Å²) >= 11 is 0. The van der Waals surface area contributed by atoms with Gasteiger partial charge in [0.05, 0.1) is 11.1 Å². The van der Waals surface area contributed by atoms with Gasteiger partial charge in [-0.2, -0.15) is 39.5 Å². The van der Waals surface area contributed by atoms with Gasteiger partial charge in [0, 0.05) is 11.8 Å². The molecular formula is C15H8F9NO. The fourth-order valence-corrected chi connectivity index (χ4v) is 2.10. The molecule has 2 aromatic rings. The molecule has 26 heavy (non-hydrogen) atoms. The highest BCUT2D eigenvalue weighted by Crippen LogP contribution is 2.47. The van der Waals surface area contributed by atoms with Gasteiger partial charge < -0.3 is 10.5 Å². The SMILES string of the molecule is Nc1cc(Oc2cccc(C(F)(F)F)c2)c(C(F)(F)F)c(C(F)(F)F)c1. The zero-order valence-electron chi connectivity index (χ0n) is 12.4. The summed E-state index contributed by atoms with van der Waals surface area (Å²) in [7, 11) is 0. The molecule has 2 nitrogen and oxygen atoms in total. The Kier molecular flexibility index (Phi) is 4.77. The van der Waals surface area contributed by atoms with Gasteiger partial charge in [-0.3, -0.25) is 0 Å². The van der Waals surface area contributed by atoms with E-state index in [1.807, 2.05) is 0 Å². The zero-order chi connectivity index (χ0) is 19.9. The van der Waals surface area contributed by atoms with Crippen molar-refractivity contribution in [3.8, 4) is 11.5 Å². The van der Waals surface area contributed by atoms with Crippen molar-refractivity contribution in [2.24, 2.45) is 0 Å². The van der Waals surface area contributed by atoms with Crippen molar-refractivity contribution in [1.29, 1.82) is 0 Å². The third kappa shape index (κ3) is 4.33. The molecule has 0 saturated heterocycles. The number of anilines is 1. The van der Waals surface area contributed by atoms with Gasteiger partial charge >= 0.3 is 18.5 Å². The summed E-state index contributed by atoms with van der Waals surface area (Å²) in [5, 5.41) is 0. The first-order valence-corrected chi connectivity index (χ1v) is 6.62. The molecule has 0 spiro atoms. The zero-order valence-corrected chi connectivity index (χ0v) is 12.4. The van der Waals surface area contributed by atoms with Crippen molar-refractivity contribution in [2.45, 2.75) is 18.5 Å². The fraction of sp³-hybridized carbons (Fsp3) is 0.200. The molecule has 0 amide bonds. The number of halogens is 9. The molecular weight excluding hydrogens is 381 g/mol. The third-order valence-electron chi connectivity index (χ3n) is 3.10. The maximum Gasteiger partial charge on any atom is 0.420 e. The van der Waals surface area contributed by atoms with Gasteiger partial charge in [0.15, 0.2) is 0 Å². The first-order valence-electron chi connectivity index (χ1n) is 6.62. The molecule has 2 N–H and O–H groups in total. The number of hydrogen-bond donors (Lipinski definition) is 1. The fourth-order valence-electron chi connectivity index (χ4n) is 2.10. The monoisotopic (exact) mass is 389 g/mol. The molecule has 11 heteroatoms. The lowest BCUT2D eigenvalue weighted by atomic mass is 10.0. The lowest BCUT2D eigenvalue weighted by Gasteiger charge is -2.20. The normalized spacial score (nSPS) is 13.0. The first kappa shape index (κ1) is 19.7. The van der Waals surface area contributed by atoms with Crippen LogP contribution < -0.4 is 10.5 Å². The molecule has 0 unspecified atom stereocenters. The smallest absolute Gasteiger partial charge is 0.420 e. The average molecular weight is 389 g/mol. The number of nitrogens with two attached hydrogens (primary N) is 1. The van der Waals surface area contributed by atoms with Gasteiger partial charge in [0.2, 0.25) is 0 Å². The van der Waals surface area contributed by atoms with Crippen LogP contribution in [-0.4, -0.2) is 0 Å². The summed E-state index contributed by atoms with van der Waals surface area (Å²) in [5.74, 6) is -2.09. The molecule has 2 rings (SSSR count). The Bertz CT molecular complexity index is 806. The predicted molar refractivity (Wildman–Crippen MR) is 72.4 cm³/mol. The molecule has 142 valence electrons. The van der Waals surface area contributed by atoms with E-state index in [1.54, 1.807) is 0 Å². The second kappa shape index (κ2) is 6.29. The molecule has 0 radical (unpaired) electrons. The Morgan fingerprint density at radius 1 is 0.731 bits per heavy atom. The minimum Gasteiger partial charge on any atom is -0.457 e. The first-order chi connectivity index (χ1) is 11.7. The predicted octanol–water partition coefficient (Wildman–Crippen LogP) is 6.12. The standard InChI is InChI=1S/C15H8F9NO/c16-13(17,18)7-2-1-3-9(4-7)26-11-6-8(25)5-10(14(19,20)21)12(11)15(22,23)24/h1-6H,25H2. The van der Waals surface area contributed by atoms with Crippen molar-refractivity contribution in [3.63, 3.8) is 0 Å². The van der Waals surface area contributed by atoms with E-state index in [9.17, 15) is 39.5 Å².